The number of benzene rings is 4. The predicted molar refractivity (Wildman–Crippen MR) is 147 cm³/mol. The first-order valence-corrected chi connectivity index (χ1v) is 12.2. The van der Waals surface area contributed by atoms with E-state index in [0.717, 1.165) is 12.8 Å². The standard InChI is InChI=1S/C34H28.2ClH.Ti/c1-23-21-27-15-9-17-31(25-11-5-3-6-12-25)33(27)29(23)19-20-30-24(2)22-28-16-10-18-32(34(28)30)26-13-7-4-8-14-26;;;/h3-18,21-22H,19-20H2,1-2H3;2*1H;/q-2;;;+4/p-2. The van der Waals surface area contributed by atoms with Gasteiger partial charge in [0.15, 0.2) is 0 Å². The summed E-state index contributed by atoms with van der Waals surface area (Å²) < 4.78 is 0. The van der Waals surface area contributed by atoms with Crippen LogP contribution in [-0.4, -0.2) is 0 Å². The number of hydrogen-bond acceptors (Lipinski definition) is 0. The SMILES string of the molecule is Cc1[cH-]c2cccc(-c3ccccc3)c2c1CCc1c(C)[cH-]c2cccc(-c3ccccc3)c12.[Cl-].[Cl-].[Ti+4]. The smallest absolute Gasteiger partial charge is 1.00 e. The Labute approximate surface area is 247 Å². The summed E-state index contributed by atoms with van der Waals surface area (Å²) in [7, 11) is 0. The van der Waals surface area contributed by atoms with Gasteiger partial charge in [-0.25, -0.2) is 0 Å². The molecule has 0 fully saturated rings. The third-order valence-corrected chi connectivity index (χ3v) is 7.29. The molecule has 0 aliphatic heterocycles. The van der Waals surface area contributed by atoms with Crippen LogP contribution in [0.5, 0.6) is 0 Å². The van der Waals surface area contributed by atoms with Gasteiger partial charge in [-0.1, -0.05) is 111 Å². The molecule has 0 nitrogen and oxygen atoms in total. The van der Waals surface area contributed by atoms with Crippen LogP contribution in [0.4, 0.5) is 0 Å². The predicted octanol–water partition coefficient (Wildman–Crippen LogP) is 3.17. The van der Waals surface area contributed by atoms with Gasteiger partial charge in [-0.05, 0) is 11.1 Å². The first kappa shape index (κ1) is 29.0. The van der Waals surface area contributed by atoms with E-state index in [9.17, 15) is 0 Å². The Morgan fingerprint density at radius 1 is 0.486 bits per heavy atom. The summed E-state index contributed by atoms with van der Waals surface area (Å²) in [6.45, 7) is 4.55. The first-order chi connectivity index (χ1) is 16.7. The fraction of sp³-hybridized carbons (Fsp3) is 0.118. The molecule has 6 aromatic rings. The van der Waals surface area contributed by atoms with Gasteiger partial charge in [-0.15, -0.1) is 69.1 Å². The van der Waals surface area contributed by atoms with E-state index in [2.05, 4.69) is 123 Å². The monoisotopic (exact) mass is 554 g/mol. The van der Waals surface area contributed by atoms with Crippen LogP contribution in [0.15, 0.2) is 109 Å². The summed E-state index contributed by atoms with van der Waals surface area (Å²) in [5, 5.41) is 5.54. The van der Waals surface area contributed by atoms with Crippen molar-refractivity contribution in [1.29, 1.82) is 0 Å². The molecule has 6 rings (SSSR count). The van der Waals surface area contributed by atoms with Crippen molar-refractivity contribution in [3.8, 4) is 22.3 Å². The van der Waals surface area contributed by atoms with Crippen LogP contribution >= 0.6 is 0 Å². The molecule has 3 heteroatoms. The van der Waals surface area contributed by atoms with Gasteiger partial charge in [0.05, 0.1) is 0 Å². The number of fused-ring (bicyclic) bond motifs is 2. The average Bonchev–Trinajstić information content (AvgIpc) is 3.38. The van der Waals surface area contributed by atoms with Crippen molar-refractivity contribution in [3.63, 3.8) is 0 Å². The van der Waals surface area contributed by atoms with Gasteiger partial charge in [-0.3, -0.25) is 0 Å². The van der Waals surface area contributed by atoms with Crippen LogP contribution in [0.3, 0.4) is 0 Å². The van der Waals surface area contributed by atoms with Crippen molar-refractivity contribution in [2.75, 3.05) is 0 Å². The molecule has 0 unspecified atom stereocenters. The van der Waals surface area contributed by atoms with Gasteiger partial charge in [0, 0.05) is 0 Å². The van der Waals surface area contributed by atoms with Gasteiger partial charge in [0.2, 0.25) is 0 Å². The molecular formula is C34H28Cl2Ti. The molecule has 0 heterocycles. The summed E-state index contributed by atoms with van der Waals surface area (Å²) in [4.78, 5) is 0. The maximum atomic E-state index is 2.36. The van der Waals surface area contributed by atoms with Crippen molar-refractivity contribution >= 4 is 21.5 Å². The number of aryl methyl sites for hydroxylation is 4. The molecule has 37 heavy (non-hydrogen) atoms. The fourth-order valence-corrected chi connectivity index (χ4v) is 5.70. The fourth-order valence-electron chi connectivity index (χ4n) is 5.70. The molecule has 0 saturated carbocycles. The van der Waals surface area contributed by atoms with E-state index in [4.69, 9.17) is 0 Å². The minimum atomic E-state index is 0. The second-order valence-corrected chi connectivity index (χ2v) is 9.38. The molecular weight excluding hydrogens is 527 g/mol. The number of hydrogen-bond donors (Lipinski definition) is 0. The van der Waals surface area contributed by atoms with Crippen LogP contribution in [-0.2, 0) is 34.6 Å². The molecule has 0 saturated heterocycles. The van der Waals surface area contributed by atoms with Gasteiger partial charge in [0.1, 0.15) is 0 Å². The third kappa shape index (κ3) is 5.36. The Kier molecular flexibility index (Phi) is 9.62. The zero-order chi connectivity index (χ0) is 23.1. The average molecular weight is 555 g/mol. The Morgan fingerprint density at radius 2 is 0.865 bits per heavy atom. The Bertz CT molecular complexity index is 1480. The zero-order valence-electron chi connectivity index (χ0n) is 21.1. The Morgan fingerprint density at radius 3 is 1.24 bits per heavy atom. The second-order valence-electron chi connectivity index (χ2n) is 9.38. The minimum absolute atomic E-state index is 0. The Balaban J connectivity index is 0.00000127. The molecule has 0 aromatic heterocycles. The molecule has 0 N–H and O–H groups in total. The molecule has 0 radical (unpaired) electrons. The van der Waals surface area contributed by atoms with Gasteiger partial charge >= 0.3 is 21.7 Å². The van der Waals surface area contributed by atoms with Crippen LogP contribution in [0.2, 0.25) is 0 Å². The maximum Gasteiger partial charge on any atom is 4.00 e. The quantitative estimate of drug-likeness (QED) is 0.227. The topological polar surface area (TPSA) is 0 Å². The normalized spacial score (nSPS) is 10.5. The van der Waals surface area contributed by atoms with Crippen molar-refractivity contribution < 1.29 is 46.5 Å². The first-order valence-electron chi connectivity index (χ1n) is 12.2. The summed E-state index contributed by atoms with van der Waals surface area (Å²) in [5.41, 5.74) is 11.0. The van der Waals surface area contributed by atoms with Crippen molar-refractivity contribution in [1.82, 2.24) is 0 Å². The zero-order valence-corrected chi connectivity index (χ0v) is 24.1. The minimum Gasteiger partial charge on any atom is -1.00 e. The van der Waals surface area contributed by atoms with Gasteiger partial charge < -0.3 is 24.8 Å². The van der Waals surface area contributed by atoms with Crippen molar-refractivity contribution in [2.45, 2.75) is 26.7 Å². The van der Waals surface area contributed by atoms with Crippen LogP contribution in [0, 0.1) is 13.8 Å². The van der Waals surface area contributed by atoms with Crippen LogP contribution < -0.4 is 24.8 Å². The summed E-state index contributed by atoms with van der Waals surface area (Å²) >= 11 is 0. The van der Waals surface area contributed by atoms with E-state index < -0.39 is 0 Å². The third-order valence-electron chi connectivity index (χ3n) is 7.29. The number of halogens is 2. The summed E-state index contributed by atoms with van der Waals surface area (Å²) in [6, 6.07) is 39.8. The maximum absolute atomic E-state index is 2.36. The van der Waals surface area contributed by atoms with E-state index >= 15 is 0 Å². The van der Waals surface area contributed by atoms with Crippen LogP contribution in [0.25, 0.3) is 43.8 Å². The van der Waals surface area contributed by atoms with Gasteiger partial charge in [0.25, 0.3) is 0 Å². The summed E-state index contributed by atoms with van der Waals surface area (Å²) in [6.07, 6.45) is 2.09. The van der Waals surface area contributed by atoms with Gasteiger partial charge in [-0.2, -0.15) is 11.1 Å². The summed E-state index contributed by atoms with van der Waals surface area (Å²) in [5.74, 6) is 0. The van der Waals surface area contributed by atoms with E-state index in [1.165, 1.54) is 66.1 Å². The van der Waals surface area contributed by atoms with Crippen molar-refractivity contribution in [2.24, 2.45) is 0 Å². The number of rotatable bonds is 5. The van der Waals surface area contributed by atoms with E-state index in [1.807, 2.05) is 0 Å². The van der Waals surface area contributed by atoms with E-state index in [0.29, 0.717) is 0 Å². The molecule has 0 atom stereocenters. The molecule has 0 spiro atoms. The van der Waals surface area contributed by atoms with Crippen molar-refractivity contribution in [3.05, 3.63) is 131 Å². The van der Waals surface area contributed by atoms with Crippen LogP contribution in [0.1, 0.15) is 22.3 Å². The molecule has 182 valence electrons. The second kappa shape index (κ2) is 12.3. The van der Waals surface area contributed by atoms with E-state index in [1.54, 1.807) is 0 Å². The molecule has 0 aliphatic rings. The van der Waals surface area contributed by atoms with E-state index in [-0.39, 0.29) is 46.5 Å². The Hall–Kier alpha value is -2.61. The largest absolute Gasteiger partial charge is 4.00 e. The molecule has 0 aliphatic carbocycles. The molecule has 6 aromatic carbocycles. The molecule has 0 amide bonds. The molecule has 0 bridgehead atoms.